The topological polar surface area (TPSA) is 98.3 Å². The molecule has 0 aliphatic rings. The number of carbonyl (C=O) groups excluding carboxylic acids is 1. The van der Waals surface area contributed by atoms with Crippen LogP contribution in [0.3, 0.4) is 0 Å². The Bertz CT molecular complexity index is 532. The van der Waals surface area contributed by atoms with Crippen LogP contribution in [-0.2, 0) is 0 Å². The molecular formula is C13H18ClN3O3. The molecule has 0 aromatic heterocycles. The van der Waals surface area contributed by atoms with Gasteiger partial charge in [0.1, 0.15) is 5.69 Å². The van der Waals surface area contributed by atoms with Crippen LogP contribution in [0.1, 0.15) is 37.6 Å². The zero-order valence-electron chi connectivity index (χ0n) is 11.6. The predicted octanol–water partition coefficient (Wildman–Crippen LogP) is 2.99. The maximum Gasteiger partial charge on any atom is 0.294 e. The summed E-state index contributed by atoms with van der Waals surface area (Å²) in [6.07, 6.45) is 0.816. The number of nitro benzene ring substituents is 1. The van der Waals surface area contributed by atoms with E-state index in [9.17, 15) is 14.9 Å². The maximum atomic E-state index is 12.0. The number of hydrogen-bond donors (Lipinski definition) is 2. The smallest absolute Gasteiger partial charge is 0.294 e. The third-order valence-corrected chi connectivity index (χ3v) is 3.08. The molecule has 6 nitrogen and oxygen atoms in total. The summed E-state index contributed by atoms with van der Waals surface area (Å²) in [7, 11) is 0. The van der Waals surface area contributed by atoms with Crippen LogP contribution >= 0.6 is 11.6 Å². The van der Waals surface area contributed by atoms with Gasteiger partial charge in [0, 0.05) is 17.7 Å². The molecule has 0 saturated heterocycles. The van der Waals surface area contributed by atoms with Crippen molar-refractivity contribution in [2.24, 2.45) is 5.92 Å². The van der Waals surface area contributed by atoms with Crippen LogP contribution in [-0.4, -0.2) is 16.9 Å². The number of nitro groups is 1. The third kappa shape index (κ3) is 4.09. The van der Waals surface area contributed by atoms with E-state index < -0.39 is 10.8 Å². The Morgan fingerprint density at radius 2 is 2.05 bits per heavy atom. The minimum Gasteiger partial charge on any atom is -0.392 e. The van der Waals surface area contributed by atoms with Crippen LogP contribution in [0.2, 0.25) is 5.02 Å². The summed E-state index contributed by atoms with van der Waals surface area (Å²) >= 11 is 5.82. The quantitative estimate of drug-likeness (QED) is 0.496. The molecule has 1 rings (SSSR count). The zero-order valence-corrected chi connectivity index (χ0v) is 12.4. The molecule has 1 aromatic carbocycles. The fourth-order valence-electron chi connectivity index (χ4n) is 1.96. The number of nitrogens with zero attached hydrogens (tertiary/aromatic N) is 1. The van der Waals surface area contributed by atoms with Crippen molar-refractivity contribution in [3.8, 4) is 0 Å². The molecule has 1 amide bonds. The summed E-state index contributed by atoms with van der Waals surface area (Å²) in [6.45, 7) is 5.98. The van der Waals surface area contributed by atoms with E-state index in [4.69, 9.17) is 17.3 Å². The largest absolute Gasteiger partial charge is 0.392 e. The molecule has 1 atom stereocenters. The van der Waals surface area contributed by atoms with Gasteiger partial charge in [0.15, 0.2) is 0 Å². The van der Waals surface area contributed by atoms with Gasteiger partial charge >= 0.3 is 0 Å². The van der Waals surface area contributed by atoms with Gasteiger partial charge in [-0.15, -0.1) is 0 Å². The fourth-order valence-corrected chi connectivity index (χ4v) is 2.17. The number of anilines is 1. The molecule has 0 radical (unpaired) electrons. The van der Waals surface area contributed by atoms with E-state index in [1.165, 1.54) is 6.07 Å². The first kappa shape index (κ1) is 16.2. The van der Waals surface area contributed by atoms with Crippen LogP contribution in [0.5, 0.6) is 0 Å². The highest BCUT2D eigenvalue weighted by Crippen LogP contribution is 2.30. The van der Waals surface area contributed by atoms with Crippen molar-refractivity contribution in [2.75, 3.05) is 5.73 Å². The number of nitrogens with two attached hydrogens (primary N) is 1. The van der Waals surface area contributed by atoms with E-state index in [1.807, 2.05) is 20.8 Å². The van der Waals surface area contributed by atoms with E-state index in [0.717, 1.165) is 12.5 Å². The Morgan fingerprint density at radius 3 is 2.55 bits per heavy atom. The number of halogens is 1. The second kappa shape index (κ2) is 6.56. The molecule has 110 valence electrons. The van der Waals surface area contributed by atoms with Crippen LogP contribution in [0, 0.1) is 16.0 Å². The van der Waals surface area contributed by atoms with Crippen LogP contribution < -0.4 is 11.1 Å². The Labute approximate surface area is 122 Å². The van der Waals surface area contributed by atoms with Gasteiger partial charge in [-0.3, -0.25) is 14.9 Å². The summed E-state index contributed by atoms with van der Waals surface area (Å²) in [5.41, 5.74) is 5.15. The van der Waals surface area contributed by atoms with Gasteiger partial charge in [-0.05, 0) is 25.3 Å². The monoisotopic (exact) mass is 299 g/mol. The molecule has 7 heteroatoms. The third-order valence-electron chi connectivity index (χ3n) is 2.77. The minimum absolute atomic E-state index is 0.000799. The standard InChI is InChI=1S/C13H18ClN3O3/c1-7(2)4-8(3)16-13(18)9-5-10(14)12(15)11(6-9)17(19)20/h5-8H,4,15H2,1-3H3,(H,16,18). The van der Waals surface area contributed by atoms with Gasteiger partial charge < -0.3 is 11.1 Å². The van der Waals surface area contributed by atoms with Gasteiger partial charge in [-0.2, -0.15) is 0 Å². The number of nitrogens with one attached hydrogen (secondary N) is 1. The zero-order chi connectivity index (χ0) is 15.4. The summed E-state index contributed by atoms with van der Waals surface area (Å²) in [6, 6.07) is 2.44. The number of hydrogen-bond acceptors (Lipinski definition) is 4. The molecule has 1 unspecified atom stereocenters. The lowest BCUT2D eigenvalue weighted by atomic mass is 10.0. The van der Waals surface area contributed by atoms with Gasteiger partial charge in [0.2, 0.25) is 0 Å². The van der Waals surface area contributed by atoms with Gasteiger partial charge in [0.25, 0.3) is 11.6 Å². The summed E-state index contributed by atoms with van der Waals surface area (Å²) in [5, 5.41) is 13.6. The number of rotatable bonds is 5. The van der Waals surface area contributed by atoms with Crippen molar-refractivity contribution in [3.05, 3.63) is 32.8 Å². The Balaban J connectivity index is 2.97. The second-order valence-electron chi connectivity index (χ2n) is 5.15. The Morgan fingerprint density at radius 1 is 1.45 bits per heavy atom. The van der Waals surface area contributed by atoms with Gasteiger partial charge in [0.05, 0.1) is 9.95 Å². The van der Waals surface area contributed by atoms with E-state index in [0.29, 0.717) is 5.92 Å². The molecule has 0 heterocycles. The molecular weight excluding hydrogens is 282 g/mol. The molecule has 20 heavy (non-hydrogen) atoms. The van der Waals surface area contributed by atoms with E-state index in [1.54, 1.807) is 0 Å². The molecule has 1 aromatic rings. The van der Waals surface area contributed by atoms with Crippen molar-refractivity contribution in [3.63, 3.8) is 0 Å². The predicted molar refractivity (Wildman–Crippen MR) is 78.9 cm³/mol. The van der Waals surface area contributed by atoms with Crippen molar-refractivity contribution >= 4 is 28.9 Å². The lowest BCUT2D eigenvalue weighted by Gasteiger charge is -2.16. The lowest BCUT2D eigenvalue weighted by Crippen LogP contribution is -2.33. The van der Waals surface area contributed by atoms with Crippen molar-refractivity contribution in [1.29, 1.82) is 0 Å². The Kier molecular flexibility index (Phi) is 5.33. The van der Waals surface area contributed by atoms with Crippen molar-refractivity contribution in [1.82, 2.24) is 5.32 Å². The highest BCUT2D eigenvalue weighted by Gasteiger charge is 2.20. The van der Waals surface area contributed by atoms with Crippen LogP contribution in [0.15, 0.2) is 12.1 Å². The molecule has 3 N–H and O–H groups in total. The second-order valence-corrected chi connectivity index (χ2v) is 5.56. The summed E-state index contributed by atoms with van der Waals surface area (Å²) in [5.74, 6) is 0.0396. The number of carbonyl (C=O) groups is 1. The van der Waals surface area contributed by atoms with Gasteiger partial charge in [-0.25, -0.2) is 0 Å². The van der Waals surface area contributed by atoms with Crippen LogP contribution in [0.4, 0.5) is 11.4 Å². The molecule has 0 aliphatic carbocycles. The maximum absolute atomic E-state index is 12.0. The van der Waals surface area contributed by atoms with Crippen molar-refractivity contribution < 1.29 is 9.72 Å². The highest BCUT2D eigenvalue weighted by atomic mass is 35.5. The Hall–Kier alpha value is -1.82. The molecule has 0 aliphatic heterocycles. The number of benzene rings is 1. The first-order chi connectivity index (χ1) is 9.22. The average Bonchev–Trinajstić information content (AvgIpc) is 2.30. The fraction of sp³-hybridized carbons (Fsp3) is 0.462. The SMILES string of the molecule is CC(C)CC(C)NC(=O)c1cc(Cl)c(N)c([N+](=O)[O-])c1. The summed E-state index contributed by atoms with van der Waals surface area (Å²) in [4.78, 5) is 22.2. The van der Waals surface area contributed by atoms with Gasteiger partial charge in [-0.1, -0.05) is 25.4 Å². The van der Waals surface area contributed by atoms with Crippen LogP contribution in [0.25, 0.3) is 0 Å². The number of amides is 1. The highest BCUT2D eigenvalue weighted by molar-refractivity contribution is 6.34. The lowest BCUT2D eigenvalue weighted by molar-refractivity contribution is -0.383. The summed E-state index contributed by atoms with van der Waals surface area (Å²) < 4.78 is 0. The normalized spacial score (nSPS) is 12.2. The first-order valence-corrected chi connectivity index (χ1v) is 6.64. The molecule has 0 saturated carbocycles. The molecule has 0 fully saturated rings. The van der Waals surface area contributed by atoms with Crippen molar-refractivity contribution in [2.45, 2.75) is 33.2 Å². The first-order valence-electron chi connectivity index (χ1n) is 6.26. The van der Waals surface area contributed by atoms with E-state index in [-0.39, 0.29) is 28.0 Å². The number of nitrogen functional groups attached to an aromatic ring is 1. The average molecular weight is 300 g/mol. The van der Waals surface area contributed by atoms with E-state index in [2.05, 4.69) is 5.32 Å². The molecule has 0 bridgehead atoms. The molecule has 0 spiro atoms. The van der Waals surface area contributed by atoms with E-state index >= 15 is 0 Å². The minimum atomic E-state index is -0.657.